The molecule has 0 fully saturated rings. The quantitative estimate of drug-likeness (QED) is 0.841. The van der Waals surface area contributed by atoms with Crippen molar-refractivity contribution in [3.05, 3.63) is 22.4 Å². The van der Waals surface area contributed by atoms with E-state index in [0.717, 1.165) is 0 Å². The summed E-state index contributed by atoms with van der Waals surface area (Å²) in [6.45, 7) is 7.39. The summed E-state index contributed by atoms with van der Waals surface area (Å²) in [5, 5.41) is 7.94. The number of rotatable bonds is 2. The van der Waals surface area contributed by atoms with Crippen molar-refractivity contribution in [1.82, 2.24) is 15.1 Å². The maximum atomic E-state index is 11.9. The molecule has 18 heavy (non-hydrogen) atoms. The smallest absolute Gasteiger partial charge is 0.410 e. The number of hydrogen-bond donors (Lipinski definition) is 0. The molecule has 0 unspecified atom stereocenters. The van der Waals surface area contributed by atoms with E-state index in [0.29, 0.717) is 10.3 Å². The van der Waals surface area contributed by atoms with Crippen LogP contribution in [0.2, 0.25) is 0 Å². The van der Waals surface area contributed by atoms with Crippen molar-refractivity contribution in [2.24, 2.45) is 0 Å². The molecule has 1 rings (SSSR count). The average Bonchev–Trinajstić information content (AvgIpc) is 2.26. The molecule has 0 spiro atoms. The van der Waals surface area contributed by atoms with E-state index in [1.54, 1.807) is 13.1 Å². The van der Waals surface area contributed by atoms with Crippen LogP contribution in [0.5, 0.6) is 0 Å². The van der Waals surface area contributed by atoms with Crippen LogP contribution in [0.25, 0.3) is 0 Å². The highest BCUT2D eigenvalue weighted by Crippen LogP contribution is 2.19. The minimum absolute atomic E-state index is 0.194. The van der Waals surface area contributed by atoms with Gasteiger partial charge in [0.05, 0.1) is 11.7 Å². The monoisotopic (exact) mass is 315 g/mol. The lowest BCUT2D eigenvalue weighted by atomic mass is 10.2. The Kier molecular flexibility index (Phi) is 4.67. The van der Waals surface area contributed by atoms with Crippen LogP contribution < -0.4 is 0 Å². The van der Waals surface area contributed by atoms with E-state index in [1.807, 2.05) is 33.8 Å². The van der Waals surface area contributed by atoms with Crippen LogP contribution in [-0.4, -0.2) is 33.8 Å². The summed E-state index contributed by atoms with van der Waals surface area (Å²) in [6.07, 6.45) is -0.375. The number of ether oxygens (including phenoxy) is 1. The molecular formula is C12H18BrN3O2. The molecule has 0 N–H and O–H groups in total. The van der Waals surface area contributed by atoms with Crippen LogP contribution in [0, 0.1) is 0 Å². The first kappa shape index (κ1) is 14.9. The van der Waals surface area contributed by atoms with E-state index in [-0.39, 0.29) is 12.1 Å². The number of nitrogens with zero attached hydrogens (tertiary/aromatic N) is 3. The SMILES string of the molecule is C[C@@H](c1ccc(Br)nn1)N(C)C(=O)OC(C)(C)C. The highest BCUT2D eigenvalue weighted by molar-refractivity contribution is 9.10. The van der Waals surface area contributed by atoms with Crippen LogP contribution in [0.1, 0.15) is 39.4 Å². The van der Waals surface area contributed by atoms with Crippen LogP contribution >= 0.6 is 15.9 Å². The number of carbonyl (C=O) groups is 1. The fourth-order valence-electron chi connectivity index (χ4n) is 1.24. The Morgan fingerprint density at radius 1 is 1.39 bits per heavy atom. The van der Waals surface area contributed by atoms with Gasteiger partial charge in [0.25, 0.3) is 0 Å². The van der Waals surface area contributed by atoms with Gasteiger partial charge in [-0.05, 0) is 55.8 Å². The largest absolute Gasteiger partial charge is 0.444 e. The second-order valence-electron chi connectivity index (χ2n) is 5.05. The predicted octanol–water partition coefficient (Wildman–Crippen LogP) is 3.17. The minimum atomic E-state index is -0.504. The molecule has 0 saturated carbocycles. The zero-order valence-electron chi connectivity index (χ0n) is 11.3. The second-order valence-corrected chi connectivity index (χ2v) is 5.86. The highest BCUT2D eigenvalue weighted by atomic mass is 79.9. The van der Waals surface area contributed by atoms with Gasteiger partial charge in [0.1, 0.15) is 10.2 Å². The van der Waals surface area contributed by atoms with Crippen molar-refractivity contribution in [3.8, 4) is 0 Å². The lowest BCUT2D eigenvalue weighted by molar-refractivity contribution is 0.0230. The van der Waals surface area contributed by atoms with E-state index < -0.39 is 5.60 Å². The molecule has 1 amide bonds. The standard InChI is InChI=1S/C12H18BrN3O2/c1-8(9-6-7-10(13)15-14-9)16(5)11(17)18-12(2,3)4/h6-8H,1-5H3/t8-/m0/s1. The Bertz CT molecular complexity index is 414. The van der Waals surface area contributed by atoms with Crippen molar-refractivity contribution in [2.45, 2.75) is 39.3 Å². The van der Waals surface area contributed by atoms with Gasteiger partial charge in [-0.25, -0.2) is 4.79 Å². The molecule has 0 aliphatic rings. The molecule has 0 bridgehead atoms. The summed E-state index contributed by atoms with van der Waals surface area (Å²) >= 11 is 3.22. The Balaban J connectivity index is 2.74. The summed E-state index contributed by atoms with van der Waals surface area (Å²) in [5.74, 6) is 0. The molecule has 1 aromatic rings. The predicted molar refractivity (Wildman–Crippen MR) is 72.1 cm³/mol. The third-order valence-corrected chi connectivity index (χ3v) is 2.77. The summed E-state index contributed by atoms with van der Waals surface area (Å²) in [6, 6.07) is 3.42. The van der Waals surface area contributed by atoms with Gasteiger partial charge in [0.2, 0.25) is 0 Å². The average molecular weight is 316 g/mol. The Morgan fingerprint density at radius 2 is 2.00 bits per heavy atom. The van der Waals surface area contributed by atoms with Crippen molar-refractivity contribution in [1.29, 1.82) is 0 Å². The number of halogens is 1. The lowest BCUT2D eigenvalue weighted by Gasteiger charge is -2.28. The summed E-state index contributed by atoms with van der Waals surface area (Å²) < 4.78 is 5.96. The van der Waals surface area contributed by atoms with Crippen molar-refractivity contribution < 1.29 is 9.53 Å². The molecule has 5 nitrogen and oxygen atoms in total. The van der Waals surface area contributed by atoms with E-state index in [2.05, 4.69) is 26.1 Å². The lowest BCUT2D eigenvalue weighted by Crippen LogP contribution is -2.36. The van der Waals surface area contributed by atoms with Crippen LogP contribution in [-0.2, 0) is 4.74 Å². The van der Waals surface area contributed by atoms with Gasteiger partial charge in [-0.3, -0.25) is 0 Å². The minimum Gasteiger partial charge on any atom is -0.444 e. The van der Waals surface area contributed by atoms with Crippen LogP contribution in [0.4, 0.5) is 4.79 Å². The molecule has 1 aromatic heterocycles. The van der Waals surface area contributed by atoms with Gasteiger partial charge in [-0.2, -0.15) is 5.10 Å². The Hall–Kier alpha value is -1.17. The fourth-order valence-corrected chi connectivity index (χ4v) is 1.45. The number of amides is 1. The van der Waals surface area contributed by atoms with Gasteiger partial charge in [0, 0.05) is 7.05 Å². The second kappa shape index (κ2) is 5.65. The van der Waals surface area contributed by atoms with Crippen molar-refractivity contribution in [2.75, 3.05) is 7.05 Å². The summed E-state index contributed by atoms with van der Waals surface area (Å²) in [7, 11) is 1.68. The van der Waals surface area contributed by atoms with E-state index in [9.17, 15) is 4.79 Å². The number of hydrogen-bond acceptors (Lipinski definition) is 4. The molecule has 0 aliphatic heterocycles. The molecule has 0 saturated heterocycles. The van der Waals surface area contributed by atoms with Crippen molar-refractivity contribution >= 4 is 22.0 Å². The summed E-state index contributed by atoms with van der Waals surface area (Å²) in [4.78, 5) is 13.4. The third kappa shape index (κ3) is 4.25. The summed E-state index contributed by atoms with van der Waals surface area (Å²) in [5.41, 5.74) is 0.211. The zero-order valence-corrected chi connectivity index (χ0v) is 12.9. The fraction of sp³-hybridized carbons (Fsp3) is 0.583. The van der Waals surface area contributed by atoms with E-state index in [4.69, 9.17) is 4.74 Å². The first-order chi connectivity index (χ1) is 8.20. The maximum absolute atomic E-state index is 11.9. The molecule has 0 radical (unpaired) electrons. The molecule has 0 aliphatic carbocycles. The van der Waals surface area contributed by atoms with Gasteiger partial charge >= 0.3 is 6.09 Å². The van der Waals surface area contributed by atoms with E-state index in [1.165, 1.54) is 4.90 Å². The van der Waals surface area contributed by atoms with Gasteiger partial charge in [0.15, 0.2) is 0 Å². The van der Waals surface area contributed by atoms with Gasteiger partial charge in [-0.1, -0.05) is 0 Å². The van der Waals surface area contributed by atoms with Crippen LogP contribution in [0.15, 0.2) is 16.7 Å². The Morgan fingerprint density at radius 3 is 2.44 bits per heavy atom. The Labute approximate surface area is 116 Å². The molecule has 6 heteroatoms. The molecule has 1 heterocycles. The first-order valence-corrected chi connectivity index (χ1v) is 6.45. The van der Waals surface area contributed by atoms with Crippen LogP contribution in [0.3, 0.4) is 0 Å². The van der Waals surface area contributed by atoms with Gasteiger partial charge in [-0.15, -0.1) is 5.10 Å². The molecule has 100 valence electrons. The zero-order chi connectivity index (χ0) is 13.9. The molecular weight excluding hydrogens is 298 g/mol. The van der Waals surface area contributed by atoms with Crippen molar-refractivity contribution in [3.63, 3.8) is 0 Å². The normalized spacial score (nSPS) is 13.0. The third-order valence-electron chi connectivity index (χ3n) is 2.34. The van der Waals surface area contributed by atoms with E-state index >= 15 is 0 Å². The van der Waals surface area contributed by atoms with Gasteiger partial charge < -0.3 is 9.64 Å². The first-order valence-electron chi connectivity index (χ1n) is 5.65. The molecule has 0 aromatic carbocycles. The molecule has 1 atom stereocenters. The highest BCUT2D eigenvalue weighted by Gasteiger charge is 2.24. The number of carbonyl (C=O) groups excluding carboxylic acids is 1. The number of aromatic nitrogens is 2. The topological polar surface area (TPSA) is 55.3 Å². The maximum Gasteiger partial charge on any atom is 0.410 e.